The molecule has 0 saturated heterocycles. The van der Waals surface area contributed by atoms with Crippen LogP contribution in [0.3, 0.4) is 0 Å². The summed E-state index contributed by atoms with van der Waals surface area (Å²) >= 11 is 0. The smallest absolute Gasteiger partial charge is 0.331 e. The Balaban J connectivity index is 2.51. The predicted molar refractivity (Wildman–Crippen MR) is 64.7 cm³/mol. The van der Waals surface area contributed by atoms with Crippen molar-refractivity contribution in [2.45, 2.75) is 13.3 Å². The number of carboxylic acids is 2. The third kappa shape index (κ3) is 4.69. The van der Waals surface area contributed by atoms with Crippen molar-refractivity contribution in [3.63, 3.8) is 0 Å². The number of hydrogen-bond acceptors (Lipinski definition) is 3. The fraction of sp³-hybridized carbons (Fsp3) is 0.231. The summed E-state index contributed by atoms with van der Waals surface area (Å²) in [5.74, 6) is -1.29. The number of benzene rings is 1. The lowest BCUT2D eigenvalue weighted by Crippen LogP contribution is -2.01. The third-order valence-corrected chi connectivity index (χ3v) is 2.26. The lowest BCUT2D eigenvalue weighted by Gasteiger charge is -2.04. The molecule has 1 aromatic rings. The van der Waals surface area contributed by atoms with Gasteiger partial charge < -0.3 is 14.9 Å². The lowest BCUT2D eigenvalue weighted by atomic mass is 10.1. The quantitative estimate of drug-likeness (QED) is 0.751. The van der Waals surface area contributed by atoms with Crippen LogP contribution in [0.5, 0.6) is 5.75 Å². The molecule has 0 saturated carbocycles. The van der Waals surface area contributed by atoms with Crippen LogP contribution in [0, 0.1) is 0 Å². The molecule has 5 nitrogen and oxygen atoms in total. The van der Waals surface area contributed by atoms with Crippen LogP contribution in [0.1, 0.15) is 12.5 Å². The average molecular weight is 250 g/mol. The van der Waals surface area contributed by atoms with E-state index in [1.54, 1.807) is 24.3 Å². The van der Waals surface area contributed by atoms with Gasteiger partial charge in [0.15, 0.2) is 0 Å². The van der Waals surface area contributed by atoms with Crippen molar-refractivity contribution >= 4 is 11.9 Å². The van der Waals surface area contributed by atoms with E-state index in [1.165, 1.54) is 13.0 Å². The van der Waals surface area contributed by atoms with E-state index in [0.717, 1.165) is 0 Å². The van der Waals surface area contributed by atoms with Gasteiger partial charge in [-0.25, -0.2) is 4.79 Å². The van der Waals surface area contributed by atoms with Crippen LogP contribution in [-0.4, -0.2) is 28.8 Å². The molecule has 0 bridgehead atoms. The first-order valence-electron chi connectivity index (χ1n) is 5.32. The van der Waals surface area contributed by atoms with E-state index in [-0.39, 0.29) is 18.6 Å². The van der Waals surface area contributed by atoms with Gasteiger partial charge in [-0.15, -0.1) is 0 Å². The van der Waals surface area contributed by atoms with E-state index in [0.29, 0.717) is 11.3 Å². The Morgan fingerprint density at radius 2 is 1.83 bits per heavy atom. The SMILES string of the molecule is C/C(=C/COc1ccc(CC(=O)O)cc1)C(=O)O. The zero-order valence-electron chi connectivity index (χ0n) is 9.92. The van der Waals surface area contributed by atoms with Gasteiger partial charge >= 0.3 is 11.9 Å². The first-order valence-corrected chi connectivity index (χ1v) is 5.32. The minimum atomic E-state index is -0.976. The molecule has 1 rings (SSSR count). The van der Waals surface area contributed by atoms with Crippen LogP contribution in [0.2, 0.25) is 0 Å². The average Bonchev–Trinajstić information content (AvgIpc) is 2.30. The molecule has 2 N–H and O–H groups in total. The van der Waals surface area contributed by atoms with Gasteiger partial charge in [-0.1, -0.05) is 12.1 Å². The molecule has 0 amide bonds. The molecular formula is C13H14O5. The van der Waals surface area contributed by atoms with Crippen LogP contribution < -0.4 is 4.74 Å². The van der Waals surface area contributed by atoms with E-state index in [2.05, 4.69) is 0 Å². The summed E-state index contributed by atoms with van der Waals surface area (Å²) in [6, 6.07) is 6.64. The van der Waals surface area contributed by atoms with Gasteiger partial charge in [0.05, 0.1) is 6.42 Å². The van der Waals surface area contributed by atoms with E-state index in [9.17, 15) is 9.59 Å². The van der Waals surface area contributed by atoms with Gasteiger partial charge in [0.1, 0.15) is 12.4 Å². The maximum absolute atomic E-state index is 10.5. The summed E-state index contributed by atoms with van der Waals surface area (Å²) in [6.07, 6.45) is 1.44. The highest BCUT2D eigenvalue weighted by Gasteiger charge is 2.01. The molecule has 0 aliphatic carbocycles. The number of hydrogen-bond donors (Lipinski definition) is 2. The van der Waals surface area contributed by atoms with Crippen LogP contribution in [0.25, 0.3) is 0 Å². The van der Waals surface area contributed by atoms with Crippen molar-refractivity contribution in [2.24, 2.45) is 0 Å². The molecule has 96 valence electrons. The molecule has 1 aromatic carbocycles. The zero-order valence-corrected chi connectivity index (χ0v) is 9.92. The summed E-state index contributed by atoms with van der Waals surface area (Å²) in [7, 11) is 0. The minimum Gasteiger partial charge on any atom is -0.490 e. The van der Waals surface area contributed by atoms with Gasteiger partial charge in [0, 0.05) is 5.57 Å². The van der Waals surface area contributed by atoms with Gasteiger partial charge in [-0.2, -0.15) is 0 Å². The van der Waals surface area contributed by atoms with Crippen LogP contribution in [0.4, 0.5) is 0 Å². The largest absolute Gasteiger partial charge is 0.490 e. The summed E-state index contributed by atoms with van der Waals surface area (Å²) in [6.45, 7) is 1.65. The standard InChI is InChI=1S/C13H14O5/c1-9(13(16)17)6-7-18-11-4-2-10(3-5-11)8-12(14)15/h2-6H,7-8H2,1H3,(H,14,15)(H,16,17)/b9-6-. The molecule has 0 fully saturated rings. The lowest BCUT2D eigenvalue weighted by molar-refractivity contribution is -0.136. The molecule has 5 heteroatoms. The van der Waals surface area contributed by atoms with E-state index >= 15 is 0 Å². The molecule has 0 heterocycles. The summed E-state index contributed by atoms with van der Waals surface area (Å²) in [5, 5.41) is 17.2. The first kappa shape index (κ1) is 13.8. The Bertz CT molecular complexity index is 459. The molecule has 0 aliphatic heterocycles. The molecule has 0 aliphatic rings. The summed E-state index contributed by atoms with van der Waals surface area (Å²) in [4.78, 5) is 21.0. The summed E-state index contributed by atoms with van der Waals surface area (Å²) in [5.41, 5.74) is 0.907. The maximum Gasteiger partial charge on any atom is 0.331 e. The van der Waals surface area contributed by atoms with Crippen LogP contribution in [0.15, 0.2) is 35.9 Å². The molecule has 18 heavy (non-hydrogen) atoms. The van der Waals surface area contributed by atoms with E-state index in [4.69, 9.17) is 14.9 Å². The Morgan fingerprint density at radius 3 is 2.33 bits per heavy atom. The molecule has 0 spiro atoms. The first-order chi connectivity index (χ1) is 8.49. The van der Waals surface area contributed by atoms with E-state index < -0.39 is 11.9 Å². The molecule has 0 atom stereocenters. The van der Waals surface area contributed by atoms with Gasteiger partial charge in [0.25, 0.3) is 0 Å². The van der Waals surface area contributed by atoms with Crippen molar-refractivity contribution in [2.75, 3.05) is 6.61 Å². The van der Waals surface area contributed by atoms with Crippen molar-refractivity contribution in [1.29, 1.82) is 0 Å². The second-order valence-electron chi connectivity index (χ2n) is 3.72. The topological polar surface area (TPSA) is 83.8 Å². The predicted octanol–water partition coefficient (Wildman–Crippen LogP) is 1.72. The molecule has 0 radical (unpaired) electrons. The number of carbonyl (C=O) groups is 2. The number of rotatable bonds is 6. The van der Waals surface area contributed by atoms with Crippen molar-refractivity contribution < 1.29 is 24.5 Å². The number of aliphatic carboxylic acids is 2. The Kier molecular flexibility index (Phi) is 4.92. The number of carboxylic acid groups (broad SMARTS) is 2. The van der Waals surface area contributed by atoms with Crippen molar-refractivity contribution in [3.8, 4) is 5.75 Å². The third-order valence-electron chi connectivity index (χ3n) is 2.26. The van der Waals surface area contributed by atoms with Gasteiger partial charge in [-0.3, -0.25) is 4.79 Å². The maximum atomic E-state index is 10.5. The zero-order chi connectivity index (χ0) is 13.5. The highest BCUT2D eigenvalue weighted by atomic mass is 16.5. The minimum absolute atomic E-state index is 0.0295. The monoisotopic (exact) mass is 250 g/mol. The Hall–Kier alpha value is -2.30. The second kappa shape index (κ2) is 6.44. The fourth-order valence-electron chi connectivity index (χ4n) is 1.23. The Labute approximate surface area is 104 Å². The number of ether oxygens (including phenoxy) is 1. The summed E-state index contributed by atoms with van der Waals surface area (Å²) < 4.78 is 5.30. The Morgan fingerprint density at radius 1 is 1.22 bits per heavy atom. The van der Waals surface area contributed by atoms with Crippen LogP contribution in [-0.2, 0) is 16.0 Å². The van der Waals surface area contributed by atoms with Gasteiger partial charge in [-0.05, 0) is 30.7 Å². The van der Waals surface area contributed by atoms with E-state index in [1.807, 2.05) is 0 Å². The van der Waals surface area contributed by atoms with Crippen molar-refractivity contribution in [3.05, 3.63) is 41.5 Å². The van der Waals surface area contributed by atoms with Gasteiger partial charge in [0.2, 0.25) is 0 Å². The van der Waals surface area contributed by atoms with Crippen molar-refractivity contribution in [1.82, 2.24) is 0 Å². The highest BCUT2D eigenvalue weighted by molar-refractivity contribution is 5.85. The van der Waals surface area contributed by atoms with Crippen LogP contribution >= 0.6 is 0 Å². The normalized spacial score (nSPS) is 11.1. The second-order valence-corrected chi connectivity index (χ2v) is 3.72. The molecule has 0 unspecified atom stereocenters. The fourth-order valence-corrected chi connectivity index (χ4v) is 1.23. The molecular weight excluding hydrogens is 236 g/mol. The highest BCUT2D eigenvalue weighted by Crippen LogP contribution is 2.12. The molecule has 0 aromatic heterocycles.